The zero-order valence-corrected chi connectivity index (χ0v) is 6.55. The molecule has 60 valence electrons. The molecule has 0 radical (unpaired) electrons. The van der Waals surface area contributed by atoms with Gasteiger partial charge in [-0.15, -0.1) is 0 Å². The van der Waals surface area contributed by atoms with Gasteiger partial charge in [0, 0.05) is 12.7 Å². The molecular weight excluding hydrogens is 140 g/mol. The van der Waals surface area contributed by atoms with Crippen LogP contribution >= 0.6 is 0 Å². The molecule has 3 nitrogen and oxygen atoms in total. The molecule has 0 unspecified atom stereocenters. The first-order valence-corrected chi connectivity index (χ1v) is 3.17. The lowest BCUT2D eigenvalue weighted by molar-refractivity contribution is 0.245. The van der Waals surface area contributed by atoms with Crippen LogP contribution in [0.3, 0.4) is 0 Å². The molecule has 0 aromatic heterocycles. The highest BCUT2D eigenvalue weighted by Gasteiger charge is 1.93. The second-order valence-electron chi connectivity index (χ2n) is 1.82. The molecule has 3 heteroatoms. The van der Waals surface area contributed by atoms with Crippen LogP contribution in [0.1, 0.15) is 0 Å². The van der Waals surface area contributed by atoms with Gasteiger partial charge >= 0.3 is 6.03 Å². The monoisotopic (exact) mass is 152 g/mol. The fraction of sp³-hybridized carbons (Fsp3) is 0.125. The quantitative estimate of drug-likeness (QED) is 0.585. The molecule has 0 aliphatic heterocycles. The highest BCUT2D eigenvalue weighted by Crippen LogP contribution is 1.86. The molecule has 0 spiro atoms. The smallest absolute Gasteiger partial charge is 0.318 e. The van der Waals surface area contributed by atoms with Crippen molar-refractivity contribution in [1.82, 2.24) is 10.6 Å². The molecule has 0 aromatic carbocycles. The number of nitrogens with one attached hydrogen (secondary N) is 2. The van der Waals surface area contributed by atoms with Crippen LogP contribution in [-0.4, -0.2) is 13.1 Å². The van der Waals surface area contributed by atoms with Crippen LogP contribution in [0.4, 0.5) is 4.79 Å². The summed E-state index contributed by atoms with van der Waals surface area (Å²) in [5.41, 5.74) is 0.532. The van der Waals surface area contributed by atoms with Gasteiger partial charge in [0.2, 0.25) is 0 Å². The van der Waals surface area contributed by atoms with Crippen LogP contribution in [0.5, 0.6) is 0 Å². The van der Waals surface area contributed by atoms with E-state index < -0.39 is 0 Å². The fourth-order valence-corrected chi connectivity index (χ4v) is 0.434. The zero-order valence-electron chi connectivity index (χ0n) is 6.55. The lowest BCUT2D eigenvalue weighted by Gasteiger charge is -2.01. The van der Waals surface area contributed by atoms with E-state index in [1.54, 1.807) is 25.3 Å². The second kappa shape index (κ2) is 5.29. The van der Waals surface area contributed by atoms with E-state index in [2.05, 4.69) is 23.8 Å². The van der Waals surface area contributed by atoms with E-state index in [1.165, 1.54) is 0 Å². The van der Waals surface area contributed by atoms with Gasteiger partial charge in [0.05, 0.1) is 0 Å². The molecule has 0 aliphatic rings. The number of rotatable bonds is 3. The van der Waals surface area contributed by atoms with Gasteiger partial charge in [0.1, 0.15) is 0 Å². The maximum atomic E-state index is 10.6. The van der Waals surface area contributed by atoms with Crippen molar-refractivity contribution in [2.45, 2.75) is 0 Å². The summed E-state index contributed by atoms with van der Waals surface area (Å²) in [6, 6.07) is -0.274. The highest BCUT2D eigenvalue weighted by molar-refractivity contribution is 5.75. The third kappa shape index (κ3) is 4.96. The summed E-state index contributed by atoms with van der Waals surface area (Å²) in [7, 11) is 1.54. The minimum absolute atomic E-state index is 0.274. The summed E-state index contributed by atoms with van der Waals surface area (Å²) in [4.78, 5) is 10.6. The van der Waals surface area contributed by atoms with Gasteiger partial charge in [-0.3, -0.25) is 0 Å². The average Bonchev–Trinajstić information content (AvgIpc) is 2.00. The van der Waals surface area contributed by atoms with Crippen molar-refractivity contribution in [3.05, 3.63) is 37.1 Å². The van der Waals surface area contributed by atoms with Gasteiger partial charge in [-0.1, -0.05) is 25.3 Å². The van der Waals surface area contributed by atoms with Gasteiger partial charge in [-0.05, 0) is 6.08 Å². The Balaban J connectivity index is 3.78. The summed E-state index contributed by atoms with van der Waals surface area (Å²) < 4.78 is 0. The van der Waals surface area contributed by atoms with E-state index in [4.69, 9.17) is 0 Å². The molecule has 2 amide bonds. The van der Waals surface area contributed by atoms with E-state index in [0.717, 1.165) is 0 Å². The van der Waals surface area contributed by atoms with Crippen LogP contribution in [-0.2, 0) is 0 Å². The van der Waals surface area contributed by atoms with Gasteiger partial charge in [-0.2, -0.15) is 0 Å². The molecule has 0 atom stereocenters. The summed E-state index contributed by atoms with van der Waals surface area (Å²) >= 11 is 0. The van der Waals surface area contributed by atoms with Crippen LogP contribution in [0.2, 0.25) is 0 Å². The molecule has 11 heavy (non-hydrogen) atoms. The Bertz CT molecular complexity index is 194. The summed E-state index contributed by atoms with van der Waals surface area (Å²) in [6.45, 7) is 7.05. The van der Waals surface area contributed by atoms with Crippen molar-refractivity contribution >= 4 is 6.03 Å². The lowest BCUT2D eigenvalue weighted by atomic mass is 10.4. The van der Waals surface area contributed by atoms with Crippen LogP contribution in [0, 0.1) is 0 Å². The Morgan fingerprint density at radius 3 is 2.64 bits per heavy atom. The Morgan fingerprint density at radius 2 is 2.18 bits per heavy atom. The van der Waals surface area contributed by atoms with Crippen LogP contribution in [0.15, 0.2) is 37.1 Å². The Kier molecular flexibility index (Phi) is 4.56. The van der Waals surface area contributed by atoms with E-state index in [9.17, 15) is 4.79 Å². The first-order chi connectivity index (χ1) is 5.20. The second-order valence-corrected chi connectivity index (χ2v) is 1.82. The molecule has 0 aromatic rings. The molecule has 0 heterocycles. The van der Waals surface area contributed by atoms with Crippen molar-refractivity contribution in [3.63, 3.8) is 0 Å². The van der Waals surface area contributed by atoms with Gasteiger partial charge in [-0.25, -0.2) is 4.79 Å². The van der Waals surface area contributed by atoms with Crippen LogP contribution in [0.25, 0.3) is 0 Å². The van der Waals surface area contributed by atoms with Crippen LogP contribution < -0.4 is 10.6 Å². The molecule has 0 fully saturated rings. The third-order valence-electron chi connectivity index (χ3n) is 0.935. The topological polar surface area (TPSA) is 41.1 Å². The Hall–Kier alpha value is -1.51. The van der Waals surface area contributed by atoms with Crippen molar-refractivity contribution in [1.29, 1.82) is 0 Å². The maximum absolute atomic E-state index is 10.6. The number of hydrogen-bond acceptors (Lipinski definition) is 1. The summed E-state index contributed by atoms with van der Waals surface area (Å²) in [5.74, 6) is 0. The number of carbonyl (C=O) groups is 1. The molecule has 2 N–H and O–H groups in total. The molecule has 0 rings (SSSR count). The zero-order chi connectivity index (χ0) is 8.69. The number of amides is 2. The Labute approximate surface area is 66.5 Å². The minimum Gasteiger partial charge on any atom is -0.341 e. The predicted octanol–water partition coefficient (Wildman–Crippen LogP) is 1.17. The van der Waals surface area contributed by atoms with E-state index in [0.29, 0.717) is 5.70 Å². The number of hydrogen-bond donors (Lipinski definition) is 2. The normalized spacial score (nSPS) is 9.18. The van der Waals surface area contributed by atoms with Crippen molar-refractivity contribution < 1.29 is 4.79 Å². The molecule has 0 aliphatic carbocycles. The fourth-order valence-electron chi connectivity index (χ4n) is 0.434. The van der Waals surface area contributed by atoms with Gasteiger partial charge < -0.3 is 10.6 Å². The van der Waals surface area contributed by atoms with Crippen molar-refractivity contribution in [2.24, 2.45) is 0 Å². The van der Waals surface area contributed by atoms with Crippen molar-refractivity contribution in [3.8, 4) is 0 Å². The summed E-state index contributed by atoms with van der Waals surface area (Å²) in [6.07, 6.45) is 4.96. The molecule has 0 saturated carbocycles. The van der Waals surface area contributed by atoms with E-state index >= 15 is 0 Å². The Morgan fingerprint density at radius 1 is 1.55 bits per heavy atom. The third-order valence-corrected chi connectivity index (χ3v) is 0.935. The molecular formula is C8H12N2O. The van der Waals surface area contributed by atoms with E-state index in [-0.39, 0.29) is 6.03 Å². The average molecular weight is 152 g/mol. The van der Waals surface area contributed by atoms with Gasteiger partial charge in [0.15, 0.2) is 0 Å². The number of urea groups is 1. The highest BCUT2D eigenvalue weighted by atomic mass is 16.2. The standard InChI is InChI=1S/C8H12N2O/c1-4-5-6-7(2)10-8(11)9-3/h4-6H,1-2H2,3H3,(H2,9,10,11)/b6-5-. The minimum atomic E-state index is -0.274. The summed E-state index contributed by atoms with van der Waals surface area (Å²) in [5, 5.41) is 4.89. The number of carbonyl (C=O) groups excluding carboxylic acids is 1. The maximum Gasteiger partial charge on any atom is 0.318 e. The molecule has 0 saturated heterocycles. The lowest BCUT2D eigenvalue weighted by Crippen LogP contribution is -2.31. The number of allylic oxidation sites excluding steroid dienone is 3. The van der Waals surface area contributed by atoms with Crippen molar-refractivity contribution in [2.75, 3.05) is 7.05 Å². The molecule has 0 bridgehead atoms. The SMILES string of the molecule is C=C/C=C\C(=C)NC(=O)NC. The predicted molar refractivity (Wildman–Crippen MR) is 46.1 cm³/mol. The first kappa shape index (κ1) is 9.49. The van der Waals surface area contributed by atoms with Gasteiger partial charge in [0.25, 0.3) is 0 Å². The van der Waals surface area contributed by atoms with E-state index in [1.807, 2.05) is 0 Å². The first-order valence-electron chi connectivity index (χ1n) is 3.17. The largest absolute Gasteiger partial charge is 0.341 e.